The third kappa shape index (κ3) is 5.46. The third-order valence-corrected chi connectivity index (χ3v) is 7.83. The van der Waals surface area contributed by atoms with Crippen LogP contribution in [0.2, 0.25) is 0 Å². The number of aromatic nitrogens is 3. The van der Waals surface area contributed by atoms with Gasteiger partial charge >= 0.3 is 0 Å². The lowest BCUT2D eigenvalue weighted by Gasteiger charge is -2.08. The van der Waals surface area contributed by atoms with Crippen molar-refractivity contribution in [3.8, 4) is 39.8 Å². The number of carbonyl (C=O) groups excluding carboxylic acids is 1. The molecule has 2 N–H and O–H groups in total. The van der Waals surface area contributed by atoms with Crippen LogP contribution in [0.25, 0.3) is 32.7 Å². The molecule has 0 saturated heterocycles. The molecule has 5 rings (SSSR count). The van der Waals surface area contributed by atoms with Crippen molar-refractivity contribution in [3.63, 3.8) is 0 Å². The first-order chi connectivity index (χ1) is 18.5. The second kappa shape index (κ2) is 11.2. The number of imidazole rings is 1. The number of methoxy groups -OCH3 is 3. The fourth-order valence-electron chi connectivity index (χ4n) is 3.85. The summed E-state index contributed by atoms with van der Waals surface area (Å²) in [5, 5.41) is 3.70. The first-order valence-corrected chi connectivity index (χ1v) is 13.5. The van der Waals surface area contributed by atoms with Crippen LogP contribution >= 0.6 is 23.1 Å². The molecule has 0 aliphatic carbocycles. The first kappa shape index (κ1) is 25.6. The zero-order chi connectivity index (χ0) is 26.6. The normalized spacial score (nSPS) is 11.8. The number of amides is 1. The van der Waals surface area contributed by atoms with Gasteiger partial charge in [0.05, 0.1) is 48.2 Å². The molecule has 8 nitrogen and oxygen atoms in total. The standard InChI is InChI=1S/C28H26N4O4S2/c1-16(26(33)32-27-29-22-14-13-21(36-4)15-23(22)38-27)37-28-30-24(17-5-9-19(34-2)10-6-17)25(31-28)18-7-11-20(35-3)12-8-18/h5-16H,1-4H3,(H,30,31)(H,29,32,33). The predicted octanol–water partition coefficient (Wildman–Crippen LogP) is 6.50. The predicted molar refractivity (Wildman–Crippen MR) is 153 cm³/mol. The van der Waals surface area contributed by atoms with Crippen LogP contribution in [-0.2, 0) is 4.79 Å². The van der Waals surface area contributed by atoms with E-state index >= 15 is 0 Å². The van der Waals surface area contributed by atoms with Crippen LogP contribution in [0.3, 0.4) is 0 Å². The summed E-state index contributed by atoms with van der Waals surface area (Å²) in [6.07, 6.45) is 0. The quantitative estimate of drug-likeness (QED) is 0.204. The smallest absolute Gasteiger partial charge is 0.239 e. The molecular formula is C28H26N4O4S2. The van der Waals surface area contributed by atoms with E-state index in [1.165, 1.54) is 23.1 Å². The number of thiazole rings is 1. The number of nitrogens with one attached hydrogen (secondary N) is 2. The molecule has 3 aromatic carbocycles. The maximum absolute atomic E-state index is 13.0. The van der Waals surface area contributed by atoms with Crippen molar-refractivity contribution in [1.82, 2.24) is 15.0 Å². The summed E-state index contributed by atoms with van der Waals surface area (Å²) in [7, 11) is 4.90. The highest BCUT2D eigenvalue weighted by molar-refractivity contribution is 8.00. The zero-order valence-electron chi connectivity index (χ0n) is 21.3. The van der Waals surface area contributed by atoms with Crippen LogP contribution in [0.1, 0.15) is 6.92 Å². The number of ether oxygens (including phenoxy) is 3. The molecule has 0 aliphatic rings. The van der Waals surface area contributed by atoms with Crippen LogP contribution in [-0.4, -0.2) is 47.4 Å². The molecule has 194 valence electrons. The van der Waals surface area contributed by atoms with Crippen molar-refractivity contribution in [2.75, 3.05) is 26.6 Å². The van der Waals surface area contributed by atoms with E-state index in [2.05, 4.69) is 15.3 Å². The highest BCUT2D eigenvalue weighted by atomic mass is 32.2. The molecule has 0 fully saturated rings. The monoisotopic (exact) mass is 546 g/mol. The number of anilines is 1. The van der Waals surface area contributed by atoms with Gasteiger partial charge in [-0.05, 0) is 73.7 Å². The van der Waals surface area contributed by atoms with E-state index in [-0.39, 0.29) is 5.91 Å². The summed E-state index contributed by atoms with van der Waals surface area (Å²) in [6, 6.07) is 21.1. The van der Waals surface area contributed by atoms with E-state index in [0.717, 1.165) is 50.0 Å². The highest BCUT2D eigenvalue weighted by Crippen LogP contribution is 2.36. The van der Waals surface area contributed by atoms with E-state index in [0.29, 0.717) is 10.3 Å². The van der Waals surface area contributed by atoms with Crippen molar-refractivity contribution in [2.45, 2.75) is 17.3 Å². The Hall–Kier alpha value is -4.02. The Morgan fingerprint density at radius 1 is 0.868 bits per heavy atom. The fourth-order valence-corrected chi connectivity index (χ4v) is 5.55. The van der Waals surface area contributed by atoms with Crippen LogP contribution in [0.15, 0.2) is 71.9 Å². The van der Waals surface area contributed by atoms with Gasteiger partial charge in [0.15, 0.2) is 10.3 Å². The van der Waals surface area contributed by atoms with Crippen molar-refractivity contribution in [1.29, 1.82) is 0 Å². The van der Waals surface area contributed by atoms with E-state index in [9.17, 15) is 4.79 Å². The van der Waals surface area contributed by atoms with E-state index in [1.807, 2.05) is 73.7 Å². The Morgan fingerprint density at radius 3 is 2.11 bits per heavy atom. The Morgan fingerprint density at radius 2 is 1.47 bits per heavy atom. The minimum Gasteiger partial charge on any atom is -0.497 e. The molecule has 10 heteroatoms. The molecule has 1 unspecified atom stereocenters. The fraction of sp³-hybridized carbons (Fsp3) is 0.179. The molecule has 2 heterocycles. The lowest BCUT2D eigenvalue weighted by atomic mass is 10.0. The molecule has 0 spiro atoms. The summed E-state index contributed by atoms with van der Waals surface area (Å²) in [4.78, 5) is 25.8. The first-order valence-electron chi connectivity index (χ1n) is 11.8. The van der Waals surface area contributed by atoms with Gasteiger partial charge in [0.2, 0.25) is 5.91 Å². The average Bonchev–Trinajstić information content (AvgIpc) is 3.56. The average molecular weight is 547 g/mol. The third-order valence-electron chi connectivity index (χ3n) is 5.91. The van der Waals surface area contributed by atoms with Crippen LogP contribution < -0.4 is 19.5 Å². The summed E-state index contributed by atoms with van der Waals surface area (Å²) < 4.78 is 16.8. The number of benzene rings is 3. The van der Waals surface area contributed by atoms with Gasteiger partial charge in [-0.2, -0.15) is 0 Å². The van der Waals surface area contributed by atoms with Gasteiger partial charge in [-0.25, -0.2) is 9.97 Å². The number of aromatic amines is 1. The van der Waals surface area contributed by atoms with E-state index < -0.39 is 5.25 Å². The number of carbonyl (C=O) groups is 1. The second-order valence-corrected chi connectivity index (χ2v) is 10.7. The van der Waals surface area contributed by atoms with Gasteiger partial charge in [-0.3, -0.25) is 4.79 Å². The van der Waals surface area contributed by atoms with Gasteiger partial charge in [0.25, 0.3) is 0 Å². The minimum absolute atomic E-state index is 0.158. The number of rotatable bonds is 9. The second-order valence-electron chi connectivity index (χ2n) is 8.32. The van der Waals surface area contributed by atoms with E-state index in [1.54, 1.807) is 21.3 Å². The lowest BCUT2D eigenvalue weighted by Crippen LogP contribution is -2.22. The van der Waals surface area contributed by atoms with Gasteiger partial charge in [-0.1, -0.05) is 23.1 Å². The zero-order valence-corrected chi connectivity index (χ0v) is 22.9. The van der Waals surface area contributed by atoms with Crippen molar-refractivity contribution >= 4 is 44.4 Å². The number of nitrogens with zero attached hydrogens (tertiary/aromatic N) is 2. The largest absolute Gasteiger partial charge is 0.497 e. The molecule has 0 aliphatic heterocycles. The molecule has 38 heavy (non-hydrogen) atoms. The summed E-state index contributed by atoms with van der Waals surface area (Å²) in [5.74, 6) is 2.13. The van der Waals surface area contributed by atoms with Crippen LogP contribution in [0.5, 0.6) is 17.2 Å². The number of hydrogen-bond acceptors (Lipinski definition) is 8. The van der Waals surface area contributed by atoms with Crippen molar-refractivity contribution in [2.24, 2.45) is 0 Å². The van der Waals surface area contributed by atoms with E-state index in [4.69, 9.17) is 19.2 Å². The van der Waals surface area contributed by atoms with Gasteiger partial charge in [0.1, 0.15) is 17.2 Å². The summed E-state index contributed by atoms with van der Waals surface area (Å²) in [6.45, 7) is 1.85. The van der Waals surface area contributed by atoms with Crippen LogP contribution in [0.4, 0.5) is 5.13 Å². The molecule has 2 aromatic heterocycles. The molecule has 0 bridgehead atoms. The van der Waals surface area contributed by atoms with Gasteiger partial charge < -0.3 is 24.5 Å². The van der Waals surface area contributed by atoms with Crippen LogP contribution in [0, 0.1) is 0 Å². The van der Waals surface area contributed by atoms with Crippen molar-refractivity contribution in [3.05, 3.63) is 66.7 Å². The summed E-state index contributed by atoms with van der Waals surface area (Å²) >= 11 is 2.76. The Bertz CT molecular complexity index is 1500. The number of thioether (sulfide) groups is 1. The summed E-state index contributed by atoms with van der Waals surface area (Å²) in [5.41, 5.74) is 4.34. The molecule has 0 saturated carbocycles. The molecular weight excluding hydrogens is 520 g/mol. The SMILES string of the molecule is COc1ccc(-c2nc(SC(C)C(=O)Nc3nc4ccc(OC)cc4s3)[nH]c2-c2ccc(OC)cc2)cc1. The van der Waals surface area contributed by atoms with Gasteiger partial charge in [0, 0.05) is 11.1 Å². The van der Waals surface area contributed by atoms with Crippen molar-refractivity contribution < 1.29 is 19.0 Å². The maximum atomic E-state index is 13.0. The highest BCUT2D eigenvalue weighted by Gasteiger charge is 2.21. The molecule has 1 atom stereocenters. The lowest BCUT2D eigenvalue weighted by molar-refractivity contribution is -0.115. The number of fused-ring (bicyclic) bond motifs is 1. The van der Waals surface area contributed by atoms with Gasteiger partial charge in [-0.15, -0.1) is 0 Å². The molecule has 1 amide bonds. The molecule has 0 radical (unpaired) electrons. The number of H-pyrrole nitrogens is 1. The number of hydrogen-bond donors (Lipinski definition) is 2. The minimum atomic E-state index is -0.421. The Kier molecular flexibility index (Phi) is 7.52. The topological polar surface area (TPSA) is 98.4 Å². The molecule has 5 aromatic rings. The maximum Gasteiger partial charge on any atom is 0.239 e. The Balaban J connectivity index is 1.38. The Labute approximate surface area is 228 Å².